The lowest BCUT2D eigenvalue weighted by Gasteiger charge is -2.10. The fourth-order valence-corrected chi connectivity index (χ4v) is 2.26. The van der Waals surface area contributed by atoms with Gasteiger partial charge >= 0.3 is 0 Å². The van der Waals surface area contributed by atoms with Gasteiger partial charge in [0.05, 0.1) is 17.8 Å². The number of hydrogen-bond donors (Lipinski definition) is 1. The summed E-state index contributed by atoms with van der Waals surface area (Å²) >= 11 is 0. The molecule has 0 amide bonds. The summed E-state index contributed by atoms with van der Waals surface area (Å²) in [5.74, 6) is 0. The van der Waals surface area contributed by atoms with Crippen molar-refractivity contribution < 1.29 is 0 Å². The van der Waals surface area contributed by atoms with Crippen molar-refractivity contribution in [3.05, 3.63) is 65.6 Å². The molecule has 3 aromatic rings. The van der Waals surface area contributed by atoms with Gasteiger partial charge in [0.15, 0.2) is 0 Å². The summed E-state index contributed by atoms with van der Waals surface area (Å²) in [5.41, 5.74) is 5.56. The molecule has 0 saturated heterocycles. The minimum atomic E-state index is 0.716. The van der Waals surface area contributed by atoms with E-state index in [4.69, 9.17) is 0 Å². The Bertz CT molecular complexity index is 733. The van der Waals surface area contributed by atoms with Crippen LogP contribution in [-0.4, -0.2) is 9.97 Å². The third-order valence-corrected chi connectivity index (χ3v) is 3.40. The molecule has 0 bridgehead atoms. The van der Waals surface area contributed by atoms with Gasteiger partial charge in [-0.25, -0.2) is 0 Å². The molecule has 0 spiro atoms. The molecule has 0 aliphatic rings. The van der Waals surface area contributed by atoms with E-state index in [2.05, 4.69) is 52.5 Å². The van der Waals surface area contributed by atoms with Crippen molar-refractivity contribution in [3.63, 3.8) is 0 Å². The Hall–Kier alpha value is -2.42. The molecular formula is C17H17N3. The van der Waals surface area contributed by atoms with E-state index >= 15 is 0 Å². The summed E-state index contributed by atoms with van der Waals surface area (Å²) in [4.78, 5) is 8.87. The average Bonchev–Trinajstić information content (AvgIpc) is 2.49. The van der Waals surface area contributed by atoms with E-state index in [9.17, 15) is 0 Å². The second-order valence-corrected chi connectivity index (χ2v) is 5.01. The number of nitrogens with zero attached hydrogens (tertiary/aromatic N) is 2. The highest BCUT2D eigenvalue weighted by atomic mass is 14.9. The Morgan fingerprint density at radius 1 is 1.00 bits per heavy atom. The van der Waals surface area contributed by atoms with Gasteiger partial charge in [0.1, 0.15) is 0 Å². The van der Waals surface area contributed by atoms with Crippen LogP contribution in [-0.2, 0) is 6.54 Å². The first kappa shape index (κ1) is 12.6. The van der Waals surface area contributed by atoms with Crippen molar-refractivity contribution >= 4 is 16.6 Å². The molecule has 0 unspecified atom stereocenters. The van der Waals surface area contributed by atoms with Crippen LogP contribution in [0.25, 0.3) is 10.9 Å². The number of anilines is 1. The first-order valence-corrected chi connectivity index (χ1v) is 6.74. The van der Waals surface area contributed by atoms with E-state index in [1.54, 1.807) is 0 Å². The van der Waals surface area contributed by atoms with Crippen molar-refractivity contribution in [3.8, 4) is 0 Å². The number of rotatable bonds is 3. The van der Waals surface area contributed by atoms with Gasteiger partial charge in [-0.3, -0.25) is 9.97 Å². The van der Waals surface area contributed by atoms with Crippen LogP contribution in [0.2, 0.25) is 0 Å². The van der Waals surface area contributed by atoms with E-state index < -0.39 is 0 Å². The normalized spacial score (nSPS) is 10.7. The van der Waals surface area contributed by atoms with Gasteiger partial charge < -0.3 is 5.32 Å². The maximum atomic E-state index is 4.45. The minimum absolute atomic E-state index is 0.716. The van der Waals surface area contributed by atoms with Crippen molar-refractivity contribution in [2.75, 3.05) is 5.32 Å². The van der Waals surface area contributed by atoms with Gasteiger partial charge in [-0.2, -0.15) is 0 Å². The topological polar surface area (TPSA) is 37.8 Å². The first-order valence-electron chi connectivity index (χ1n) is 6.74. The Labute approximate surface area is 118 Å². The van der Waals surface area contributed by atoms with Gasteiger partial charge in [0, 0.05) is 23.5 Å². The average molecular weight is 263 g/mol. The number of benzene rings is 1. The summed E-state index contributed by atoms with van der Waals surface area (Å²) in [6.07, 6.45) is 3.73. The largest absolute Gasteiger partial charge is 0.379 e. The van der Waals surface area contributed by atoms with Crippen LogP contribution in [0, 0.1) is 13.8 Å². The van der Waals surface area contributed by atoms with Crippen LogP contribution in [0.1, 0.15) is 16.8 Å². The number of aromatic nitrogens is 2. The Morgan fingerprint density at radius 2 is 1.90 bits per heavy atom. The van der Waals surface area contributed by atoms with Gasteiger partial charge in [-0.15, -0.1) is 0 Å². The lowest BCUT2D eigenvalue weighted by Crippen LogP contribution is -2.02. The zero-order valence-electron chi connectivity index (χ0n) is 11.7. The van der Waals surface area contributed by atoms with Crippen LogP contribution in [0.5, 0.6) is 0 Å². The van der Waals surface area contributed by atoms with Crippen LogP contribution >= 0.6 is 0 Å². The maximum Gasteiger partial charge on any atom is 0.0751 e. The summed E-state index contributed by atoms with van der Waals surface area (Å²) in [5, 5.41) is 4.60. The van der Waals surface area contributed by atoms with Crippen molar-refractivity contribution in [2.24, 2.45) is 0 Å². The van der Waals surface area contributed by atoms with Crippen LogP contribution in [0.4, 0.5) is 5.69 Å². The van der Waals surface area contributed by atoms with Crippen LogP contribution in [0.15, 0.2) is 48.8 Å². The summed E-state index contributed by atoms with van der Waals surface area (Å²) < 4.78 is 0. The van der Waals surface area contributed by atoms with E-state index in [-0.39, 0.29) is 0 Å². The third-order valence-electron chi connectivity index (χ3n) is 3.40. The fourth-order valence-electron chi connectivity index (χ4n) is 2.26. The second-order valence-electron chi connectivity index (χ2n) is 5.01. The van der Waals surface area contributed by atoms with Gasteiger partial charge in [-0.05, 0) is 49.2 Å². The highest BCUT2D eigenvalue weighted by molar-refractivity contribution is 5.93. The molecule has 0 aliphatic heterocycles. The minimum Gasteiger partial charge on any atom is -0.379 e. The van der Waals surface area contributed by atoms with E-state index in [0.29, 0.717) is 6.54 Å². The Kier molecular flexibility index (Phi) is 3.33. The summed E-state index contributed by atoms with van der Waals surface area (Å²) in [6.45, 7) is 4.84. The zero-order chi connectivity index (χ0) is 13.9. The predicted molar refractivity (Wildman–Crippen MR) is 82.8 cm³/mol. The molecule has 0 radical (unpaired) electrons. The van der Waals surface area contributed by atoms with Crippen molar-refractivity contribution in [2.45, 2.75) is 20.4 Å². The highest BCUT2D eigenvalue weighted by Gasteiger charge is 2.04. The lowest BCUT2D eigenvalue weighted by molar-refractivity contribution is 1.04. The highest BCUT2D eigenvalue weighted by Crippen LogP contribution is 2.24. The zero-order valence-corrected chi connectivity index (χ0v) is 11.7. The van der Waals surface area contributed by atoms with E-state index in [1.165, 1.54) is 11.1 Å². The summed E-state index contributed by atoms with van der Waals surface area (Å²) in [7, 11) is 0. The smallest absolute Gasteiger partial charge is 0.0751 e. The molecule has 3 heteroatoms. The molecule has 3 rings (SSSR count). The molecule has 3 nitrogen and oxygen atoms in total. The van der Waals surface area contributed by atoms with Crippen molar-refractivity contribution in [1.29, 1.82) is 0 Å². The standard InChI is InChI=1S/C17H17N3/c1-12-5-7-14(19-10-12)11-20-16-8-6-13(2)17-15(16)4-3-9-18-17/h3-10,20H,11H2,1-2H3. The molecule has 100 valence electrons. The molecule has 0 aliphatic carbocycles. The number of fused-ring (bicyclic) bond motifs is 1. The van der Waals surface area contributed by atoms with Gasteiger partial charge in [0.2, 0.25) is 0 Å². The Morgan fingerprint density at radius 3 is 2.70 bits per heavy atom. The maximum absolute atomic E-state index is 4.45. The number of nitrogens with one attached hydrogen (secondary N) is 1. The molecule has 2 heterocycles. The number of pyridine rings is 2. The number of hydrogen-bond acceptors (Lipinski definition) is 3. The van der Waals surface area contributed by atoms with Crippen molar-refractivity contribution in [1.82, 2.24) is 9.97 Å². The SMILES string of the molecule is Cc1ccc(CNc2ccc(C)c3ncccc23)nc1. The van der Waals surface area contributed by atoms with Gasteiger partial charge in [0.25, 0.3) is 0 Å². The summed E-state index contributed by atoms with van der Waals surface area (Å²) in [6, 6.07) is 12.4. The van der Waals surface area contributed by atoms with E-state index in [1.807, 2.05) is 25.4 Å². The molecule has 1 aromatic carbocycles. The Balaban J connectivity index is 1.88. The third kappa shape index (κ3) is 2.48. The van der Waals surface area contributed by atoms with Crippen LogP contribution < -0.4 is 5.32 Å². The monoisotopic (exact) mass is 263 g/mol. The molecule has 0 saturated carbocycles. The second kappa shape index (κ2) is 5.29. The number of aryl methyl sites for hydroxylation is 2. The molecule has 0 atom stereocenters. The van der Waals surface area contributed by atoms with E-state index in [0.717, 1.165) is 22.3 Å². The first-order chi connectivity index (χ1) is 9.74. The molecule has 1 N–H and O–H groups in total. The quantitative estimate of drug-likeness (QED) is 0.779. The molecule has 2 aromatic heterocycles. The fraction of sp³-hybridized carbons (Fsp3) is 0.176. The predicted octanol–water partition coefficient (Wildman–Crippen LogP) is 3.86. The molecular weight excluding hydrogens is 246 g/mol. The molecule has 0 fully saturated rings. The van der Waals surface area contributed by atoms with Crippen LogP contribution in [0.3, 0.4) is 0 Å². The molecule has 20 heavy (non-hydrogen) atoms. The lowest BCUT2D eigenvalue weighted by atomic mass is 10.1. The van der Waals surface area contributed by atoms with Gasteiger partial charge in [-0.1, -0.05) is 12.1 Å².